The Morgan fingerprint density at radius 1 is 1.36 bits per heavy atom. The van der Waals surface area contributed by atoms with Crippen molar-refractivity contribution in [2.24, 2.45) is 5.41 Å². The Balaban J connectivity index is 0. The monoisotopic (exact) mass is 206 g/mol. The summed E-state index contributed by atoms with van der Waals surface area (Å²) in [6.45, 7) is 8.72. The van der Waals surface area contributed by atoms with Crippen LogP contribution in [0.25, 0.3) is 0 Å². The van der Waals surface area contributed by atoms with Gasteiger partial charge in [0.2, 0.25) is 0 Å². The molecule has 0 aliphatic heterocycles. The van der Waals surface area contributed by atoms with E-state index in [-0.39, 0.29) is 12.0 Å². The standard InChI is InChI=1S/C8H16O2.BH3O3/c1-4-5-10-7-8(2,3)6-9;2-1(3)4/h4,9H,1,5-7H2,2-3H3;2-4H. The van der Waals surface area contributed by atoms with Gasteiger partial charge in [-0.15, -0.1) is 6.58 Å². The summed E-state index contributed by atoms with van der Waals surface area (Å²) in [5, 5.41) is 30.3. The molecule has 0 fully saturated rings. The van der Waals surface area contributed by atoms with Crippen LogP contribution < -0.4 is 0 Å². The van der Waals surface area contributed by atoms with Crippen molar-refractivity contribution < 1.29 is 24.9 Å². The average molecular weight is 206 g/mol. The zero-order valence-electron chi connectivity index (χ0n) is 8.68. The Labute approximate surface area is 84.8 Å². The minimum Gasteiger partial charge on any atom is -0.402 e. The van der Waals surface area contributed by atoms with Crippen molar-refractivity contribution in [2.45, 2.75) is 13.8 Å². The highest BCUT2D eigenvalue weighted by Crippen LogP contribution is 2.13. The van der Waals surface area contributed by atoms with Gasteiger partial charge in [0, 0.05) is 5.41 Å². The third-order valence-corrected chi connectivity index (χ3v) is 1.16. The fraction of sp³-hybridized carbons (Fsp3) is 0.750. The molecule has 0 spiro atoms. The van der Waals surface area contributed by atoms with E-state index < -0.39 is 7.32 Å². The molecule has 0 atom stereocenters. The second-order valence-corrected chi connectivity index (χ2v) is 3.47. The molecule has 0 radical (unpaired) electrons. The minimum absolute atomic E-state index is 0.122. The maximum absolute atomic E-state index is 8.79. The third kappa shape index (κ3) is 17.6. The Bertz CT molecular complexity index is 135. The summed E-state index contributed by atoms with van der Waals surface area (Å²) in [5.41, 5.74) is -0.122. The first-order valence-corrected chi connectivity index (χ1v) is 4.19. The summed E-state index contributed by atoms with van der Waals surface area (Å²) in [5.74, 6) is 0. The van der Waals surface area contributed by atoms with Crippen molar-refractivity contribution >= 4 is 7.32 Å². The molecule has 6 heteroatoms. The lowest BCUT2D eigenvalue weighted by molar-refractivity contribution is 0.0405. The molecule has 0 unspecified atom stereocenters. The van der Waals surface area contributed by atoms with E-state index >= 15 is 0 Å². The van der Waals surface area contributed by atoms with Gasteiger partial charge in [0.15, 0.2) is 0 Å². The molecule has 0 aromatic rings. The lowest BCUT2D eigenvalue weighted by Gasteiger charge is -2.20. The van der Waals surface area contributed by atoms with Gasteiger partial charge in [-0.3, -0.25) is 0 Å². The van der Waals surface area contributed by atoms with Crippen molar-refractivity contribution in [2.75, 3.05) is 19.8 Å². The predicted molar refractivity (Wildman–Crippen MR) is 54.3 cm³/mol. The van der Waals surface area contributed by atoms with Crippen LogP contribution in [0.3, 0.4) is 0 Å². The van der Waals surface area contributed by atoms with Crippen molar-refractivity contribution in [3.63, 3.8) is 0 Å². The summed E-state index contributed by atoms with van der Waals surface area (Å²) in [4.78, 5) is 0. The number of aliphatic hydroxyl groups is 1. The molecule has 0 aromatic heterocycles. The van der Waals surface area contributed by atoms with Crippen LogP contribution in [-0.4, -0.2) is 47.3 Å². The molecule has 0 rings (SSSR count). The zero-order chi connectivity index (χ0) is 11.6. The van der Waals surface area contributed by atoms with Gasteiger partial charge in [-0.05, 0) is 0 Å². The van der Waals surface area contributed by atoms with Gasteiger partial charge < -0.3 is 24.9 Å². The first kappa shape index (κ1) is 16.1. The van der Waals surface area contributed by atoms with Gasteiger partial charge >= 0.3 is 7.32 Å². The summed E-state index contributed by atoms with van der Waals surface area (Å²) >= 11 is 0. The van der Waals surface area contributed by atoms with Crippen LogP contribution in [-0.2, 0) is 4.74 Å². The van der Waals surface area contributed by atoms with E-state index in [0.717, 1.165) is 0 Å². The van der Waals surface area contributed by atoms with Crippen molar-refractivity contribution in [1.29, 1.82) is 0 Å². The molecule has 0 bridgehead atoms. The molecule has 0 saturated heterocycles. The SMILES string of the molecule is C=CCOCC(C)(C)CO.OB(O)O. The molecule has 0 heterocycles. The molecule has 0 aliphatic carbocycles. The van der Waals surface area contributed by atoms with Crippen LogP contribution in [0.15, 0.2) is 12.7 Å². The van der Waals surface area contributed by atoms with E-state index in [9.17, 15) is 0 Å². The van der Waals surface area contributed by atoms with E-state index in [1.807, 2.05) is 13.8 Å². The minimum atomic E-state index is -2.17. The molecule has 0 aliphatic rings. The van der Waals surface area contributed by atoms with Crippen LogP contribution >= 0.6 is 0 Å². The lowest BCUT2D eigenvalue weighted by atomic mass is 9.97. The fourth-order valence-electron chi connectivity index (χ4n) is 0.464. The molecule has 5 nitrogen and oxygen atoms in total. The maximum Gasteiger partial charge on any atom is 0.631 e. The number of hydrogen-bond acceptors (Lipinski definition) is 5. The molecule has 0 saturated carbocycles. The summed E-state index contributed by atoms with van der Waals surface area (Å²) in [6.07, 6.45) is 1.70. The average Bonchev–Trinajstić information content (AvgIpc) is 2.04. The van der Waals surface area contributed by atoms with Crippen LogP contribution in [0.4, 0.5) is 0 Å². The fourth-order valence-corrected chi connectivity index (χ4v) is 0.464. The molecular formula is C8H19BO5. The highest BCUT2D eigenvalue weighted by atomic mass is 16.5. The van der Waals surface area contributed by atoms with E-state index in [1.54, 1.807) is 6.08 Å². The molecule has 84 valence electrons. The first-order valence-electron chi connectivity index (χ1n) is 4.19. The zero-order valence-corrected chi connectivity index (χ0v) is 8.68. The number of ether oxygens (including phenoxy) is 1. The van der Waals surface area contributed by atoms with Gasteiger partial charge in [0.05, 0.1) is 19.8 Å². The lowest BCUT2D eigenvalue weighted by Crippen LogP contribution is -2.23. The Kier molecular flexibility index (Phi) is 10.5. The second kappa shape index (κ2) is 9.17. The van der Waals surface area contributed by atoms with E-state index in [2.05, 4.69) is 6.58 Å². The molecule has 14 heavy (non-hydrogen) atoms. The van der Waals surface area contributed by atoms with E-state index in [4.69, 9.17) is 24.9 Å². The van der Waals surface area contributed by atoms with Crippen LogP contribution in [0.2, 0.25) is 0 Å². The number of rotatable bonds is 5. The van der Waals surface area contributed by atoms with Crippen molar-refractivity contribution in [3.05, 3.63) is 12.7 Å². The Hall–Kier alpha value is -0.395. The molecule has 0 aromatic carbocycles. The third-order valence-electron chi connectivity index (χ3n) is 1.16. The van der Waals surface area contributed by atoms with Crippen molar-refractivity contribution in [3.8, 4) is 0 Å². The van der Waals surface area contributed by atoms with Crippen LogP contribution in [0.1, 0.15) is 13.8 Å². The second-order valence-electron chi connectivity index (χ2n) is 3.47. The molecule has 0 amide bonds. The summed E-state index contributed by atoms with van der Waals surface area (Å²) in [7, 11) is -2.17. The normalized spacial score (nSPS) is 10.1. The Morgan fingerprint density at radius 3 is 2.07 bits per heavy atom. The van der Waals surface area contributed by atoms with Gasteiger partial charge in [-0.2, -0.15) is 0 Å². The largest absolute Gasteiger partial charge is 0.631 e. The molecular weight excluding hydrogens is 187 g/mol. The summed E-state index contributed by atoms with van der Waals surface area (Å²) in [6, 6.07) is 0. The highest BCUT2D eigenvalue weighted by molar-refractivity contribution is 6.30. The van der Waals surface area contributed by atoms with Crippen LogP contribution in [0.5, 0.6) is 0 Å². The van der Waals surface area contributed by atoms with Gasteiger partial charge in [-0.1, -0.05) is 19.9 Å². The number of hydrogen-bond donors (Lipinski definition) is 4. The van der Waals surface area contributed by atoms with Gasteiger partial charge in [0.1, 0.15) is 0 Å². The number of aliphatic hydroxyl groups excluding tert-OH is 1. The Morgan fingerprint density at radius 2 is 1.79 bits per heavy atom. The first-order chi connectivity index (χ1) is 6.35. The van der Waals surface area contributed by atoms with Gasteiger partial charge in [0.25, 0.3) is 0 Å². The highest BCUT2D eigenvalue weighted by Gasteiger charge is 2.15. The summed E-state index contributed by atoms with van der Waals surface area (Å²) < 4.78 is 5.16. The van der Waals surface area contributed by atoms with E-state index in [1.165, 1.54) is 0 Å². The van der Waals surface area contributed by atoms with Gasteiger partial charge in [-0.25, -0.2) is 0 Å². The quantitative estimate of drug-likeness (QED) is 0.267. The predicted octanol–water partition coefficient (Wildman–Crippen LogP) is -0.844. The molecule has 4 N–H and O–H groups in total. The smallest absolute Gasteiger partial charge is 0.402 e. The van der Waals surface area contributed by atoms with Crippen molar-refractivity contribution in [1.82, 2.24) is 0 Å². The topological polar surface area (TPSA) is 90.2 Å². The van der Waals surface area contributed by atoms with Crippen LogP contribution in [0, 0.1) is 5.41 Å². The maximum atomic E-state index is 8.79. The van der Waals surface area contributed by atoms with E-state index in [0.29, 0.717) is 13.2 Å².